The third-order valence-electron chi connectivity index (χ3n) is 2.87. The number of carbonyl (C=O) groups excluding carboxylic acids is 6. The molecule has 0 aromatic heterocycles. The molecule has 12 heteroatoms. The molecule has 0 fully saturated rings. The van der Waals surface area contributed by atoms with Crippen LogP contribution in [0.1, 0.15) is 20.8 Å². The van der Waals surface area contributed by atoms with E-state index in [1.807, 2.05) is 0 Å². The average molecular weight is 383 g/mol. The summed E-state index contributed by atoms with van der Waals surface area (Å²) in [5.41, 5.74) is 0. The molecule has 3 atom stereocenters. The minimum absolute atomic E-state index is 0.542. The smallest absolute Gasteiger partial charge is 0.332 e. The van der Waals surface area contributed by atoms with E-state index >= 15 is 0 Å². The van der Waals surface area contributed by atoms with Crippen LogP contribution in [0, 0.1) is 0 Å². The second-order valence-electron chi connectivity index (χ2n) is 5.01. The van der Waals surface area contributed by atoms with Crippen molar-refractivity contribution in [1.82, 2.24) is 0 Å². The van der Waals surface area contributed by atoms with Crippen LogP contribution in [0.5, 0.6) is 0 Å². The number of nitrogens with zero attached hydrogens (tertiary/aromatic N) is 3. The fourth-order valence-corrected chi connectivity index (χ4v) is 1.37. The number of hydrogen-bond acceptors (Lipinski definition) is 12. The lowest BCUT2D eigenvalue weighted by atomic mass is 10.3. The van der Waals surface area contributed by atoms with Crippen LogP contribution in [0.2, 0.25) is 0 Å². The lowest BCUT2D eigenvalue weighted by Gasteiger charge is -2.19. The van der Waals surface area contributed by atoms with E-state index in [2.05, 4.69) is 15.0 Å². The third kappa shape index (κ3) is 9.57. The van der Waals surface area contributed by atoms with Crippen molar-refractivity contribution in [1.29, 1.82) is 0 Å². The van der Waals surface area contributed by atoms with Gasteiger partial charge in [-0.1, -0.05) is 0 Å². The summed E-state index contributed by atoms with van der Waals surface area (Å²) >= 11 is 0. The zero-order chi connectivity index (χ0) is 20.8. The summed E-state index contributed by atoms with van der Waals surface area (Å²) in [7, 11) is 0. The molecular formula is C15H17N3O9. The van der Waals surface area contributed by atoms with Gasteiger partial charge in [-0.3, -0.25) is 0 Å². The molecule has 0 aromatic rings. The second kappa shape index (κ2) is 12.8. The van der Waals surface area contributed by atoms with Gasteiger partial charge in [0, 0.05) is 0 Å². The molecule has 0 aliphatic rings. The maximum absolute atomic E-state index is 11.8. The van der Waals surface area contributed by atoms with Crippen molar-refractivity contribution in [2.75, 3.05) is 13.2 Å². The topological polar surface area (TPSA) is 167 Å². The molecule has 0 saturated carbocycles. The molecule has 0 aliphatic heterocycles. The number of rotatable bonds is 11. The van der Waals surface area contributed by atoms with Crippen molar-refractivity contribution in [3.8, 4) is 0 Å². The molecule has 0 radical (unpaired) electrons. The van der Waals surface area contributed by atoms with Crippen LogP contribution < -0.4 is 0 Å². The first-order valence-corrected chi connectivity index (χ1v) is 7.51. The molecule has 27 heavy (non-hydrogen) atoms. The van der Waals surface area contributed by atoms with Crippen LogP contribution in [-0.4, -0.2) is 73.6 Å². The summed E-state index contributed by atoms with van der Waals surface area (Å²) in [6, 6.07) is -3.46. The fourth-order valence-electron chi connectivity index (χ4n) is 1.37. The monoisotopic (exact) mass is 383 g/mol. The molecule has 0 spiro atoms. The fraction of sp³-hybridized carbons (Fsp3) is 0.600. The van der Waals surface area contributed by atoms with Crippen molar-refractivity contribution in [3.63, 3.8) is 0 Å². The maximum Gasteiger partial charge on any atom is 0.332 e. The third-order valence-corrected chi connectivity index (χ3v) is 2.87. The van der Waals surface area contributed by atoms with E-state index in [-0.39, 0.29) is 0 Å². The van der Waals surface area contributed by atoms with E-state index in [9.17, 15) is 28.8 Å². The molecule has 0 N–H and O–H groups in total. The Labute approximate surface area is 153 Å². The maximum atomic E-state index is 11.8. The van der Waals surface area contributed by atoms with E-state index < -0.39 is 55.4 Å². The Kier molecular flexibility index (Phi) is 11.2. The zero-order valence-corrected chi connectivity index (χ0v) is 14.7. The summed E-state index contributed by atoms with van der Waals surface area (Å²) in [6.07, 6.45) is 2.31. The average Bonchev–Trinajstić information content (AvgIpc) is 2.63. The van der Waals surface area contributed by atoms with Crippen LogP contribution in [0.15, 0.2) is 15.0 Å². The van der Waals surface area contributed by atoms with E-state index in [1.165, 1.54) is 39.0 Å². The lowest BCUT2D eigenvalue weighted by molar-refractivity contribution is -0.167. The molecule has 12 nitrogen and oxygen atoms in total. The highest BCUT2D eigenvalue weighted by Gasteiger charge is 2.25. The Morgan fingerprint density at radius 1 is 0.704 bits per heavy atom. The first kappa shape index (κ1) is 23.5. The molecule has 0 rings (SSSR count). The molecule has 146 valence electrons. The highest BCUT2D eigenvalue weighted by molar-refractivity contribution is 5.78. The Bertz CT molecular complexity index is 649. The molecule has 3 unspecified atom stereocenters. The summed E-state index contributed by atoms with van der Waals surface area (Å²) in [5.74, 6) is -2.79. The van der Waals surface area contributed by atoms with Gasteiger partial charge in [0.15, 0.2) is 24.2 Å². The number of isocyanates is 3. The number of hydrogen-bond donors (Lipinski definition) is 0. The Hall–Kier alpha value is -3.45. The standard InChI is InChI=1S/C15H17N3O9/c1-9(16-6-19)13(22)25-4-12(27-15(24)11(3)18-8-21)5-26-14(23)10(2)17-7-20/h9-12H,4-5H2,1-3H3. The summed E-state index contributed by atoms with van der Waals surface area (Å²) in [4.78, 5) is 74.9. The van der Waals surface area contributed by atoms with Gasteiger partial charge < -0.3 is 14.2 Å². The quantitative estimate of drug-likeness (QED) is 0.191. The zero-order valence-electron chi connectivity index (χ0n) is 14.7. The summed E-state index contributed by atoms with van der Waals surface area (Å²) < 4.78 is 14.6. The minimum atomic E-state index is -1.26. The second-order valence-corrected chi connectivity index (χ2v) is 5.01. The highest BCUT2D eigenvalue weighted by Crippen LogP contribution is 2.04. The normalized spacial score (nSPS) is 13.9. The number of aliphatic imine (C=N–C) groups is 3. The highest BCUT2D eigenvalue weighted by atomic mass is 16.6. The van der Waals surface area contributed by atoms with Crippen LogP contribution in [-0.2, 0) is 43.0 Å². The number of esters is 3. The van der Waals surface area contributed by atoms with Crippen LogP contribution in [0.4, 0.5) is 0 Å². The number of ether oxygens (including phenoxy) is 3. The molecule has 0 aromatic carbocycles. The first-order chi connectivity index (χ1) is 12.8. The molecule has 0 saturated heterocycles. The van der Waals surface area contributed by atoms with Gasteiger partial charge in [-0.2, -0.15) is 15.0 Å². The van der Waals surface area contributed by atoms with Gasteiger partial charge in [0.2, 0.25) is 18.2 Å². The number of carbonyl (C=O) groups is 3. The Morgan fingerprint density at radius 2 is 1.04 bits per heavy atom. The van der Waals surface area contributed by atoms with E-state index in [0.717, 1.165) is 0 Å². The molecule has 0 heterocycles. The summed E-state index contributed by atoms with van der Waals surface area (Å²) in [5, 5.41) is 0. The molecule has 0 aliphatic carbocycles. The van der Waals surface area contributed by atoms with Crippen molar-refractivity contribution in [2.45, 2.75) is 45.0 Å². The Balaban J connectivity index is 4.98. The van der Waals surface area contributed by atoms with Gasteiger partial charge in [0.05, 0.1) is 0 Å². The molecular weight excluding hydrogens is 366 g/mol. The van der Waals surface area contributed by atoms with Gasteiger partial charge in [-0.25, -0.2) is 28.8 Å². The largest absolute Gasteiger partial charge is 0.460 e. The van der Waals surface area contributed by atoms with Gasteiger partial charge in [0.1, 0.15) is 13.2 Å². The van der Waals surface area contributed by atoms with Crippen LogP contribution >= 0.6 is 0 Å². The van der Waals surface area contributed by atoms with Crippen molar-refractivity contribution >= 4 is 36.1 Å². The molecule has 0 bridgehead atoms. The van der Waals surface area contributed by atoms with E-state index in [0.29, 0.717) is 0 Å². The SMILES string of the molecule is CC(N=C=O)C(=O)OCC(COC(=O)C(C)N=C=O)OC(=O)C(C)N=C=O. The van der Waals surface area contributed by atoms with Crippen molar-refractivity contribution < 1.29 is 43.0 Å². The predicted molar refractivity (Wildman–Crippen MR) is 84.5 cm³/mol. The minimum Gasteiger partial charge on any atom is -0.460 e. The van der Waals surface area contributed by atoms with Gasteiger partial charge in [0.25, 0.3) is 0 Å². The van der Waals surface area contributed by atoms with E-state index in [1.54, 1.807) is 0 Å². The molecule has 0 amide bonds. The predicted octanol–water partition coefficient (Wildman–Crippen LogP) is -0.842. The summed E-state index contributed by atoms with van der Waals surface area (Å²) in [6.45, 7) is 2.71. The van der Waals surface area contributed by atoms with Gasteiger partial charge in [-0.05, 0) is 20.8 Å². The lowest BCUT2D eigenvalue weighted by Crippen LogP contribution is -2.35. The van der Waals surface area contributed by atoms with Gasteiger partial charge >= 0.3 is 17.9 Å². The van der Waals surface area contributed by atoms with Gasteiger partial charge in [-0.15, -0.1) is 0 Å². The van der Waals surface area contributed by atoms with Crippen molar-refractivity contribution in [2.24, 2.45) is 15.0 Å². The van der Waals surface area contributed by atoms with Crippen LogP contribution in [0.3, 0.4) is 0 Å². The van der Waals surface area contributed by atoms with Crippen LogP contribution in [0.25, 0.3) is 0 Å². The van der Waals surface area contributed by atoms with Crippen molar-refractivity contribution in [3.05, 3.63) is 0 Å². The van der Waals surface area contributed by atoms with E-state index in [4.69, 9.17) is 14.2 Å². The first-order valence-electron chi connectivity index (χ1n) is 7.51. The Morgan fingerprint density at radius 3 is 1.37 bits per heavy atom.